The lowest BCUT2D eigenvalue weighted by atomic mass is 10.1. The summed E-state index contributed by atoms with van der Waals surface area (Å²) in [6.07, 6.45) is -10.5. The Balaban J connectivity index is 1.43. The third-order valence-electron chi connectivity index (χ3n) is 6.77. The number of aromatic nitrogens is 4. The van der Waals surface area contributed by atoms with E-state index < -0.39 is 58.9 Å². The van der Waals surface area contributed by atoms with E-state index in [0.717, 1.165) is 28.7 Å². The van der Waals surface area contributed by atoms with Crippen LogP contribution in [0, 0.1) is 0 Å². The first-order valence-corrected chi connectivity index (χ1v) is 15.5. The normalized spacial score (nSPS) is 26.2. The first-order valence-electron chi connectivity index (χ1n) is 11.7. The maximum absolute atomic E-state index is 13.3. The maximum atomic E-state index is 13.3. The number of aliphatic hydroxyl groups excluding tert-OH is 2. The van der Waals surface area contributed by atoms with Crippen molar-refractivity contribution in [3.63, 3.8) is 0 Å². The largest absolute Gasteiger partial charge is 0.417 e. The van der Waals surface area contributed by atoms with Crippen LogP contribution in [0.3, 0.4) is 0 Å². The molecule has 218 valence electrons. The van der Waals surface area contributed by atoms with E-state index in [1.165, 1.54) is 6.20 Å². The maximum Gasteiger partial charge on any atom is 0.417 e. The summed E-state index contributed by atoms with van der Waals surface area (Å²) < 4.78 is 82.4. The van der Waals surface area contributed by atoms with Crippen molar-refractivity contribution in [2.45, 2.75) is 54.6 Å². The molecule has 0 radical (unpaired) electrons. The van der Waals surface area contributed by atoms with E-state index >= 15 is 0 Å². The number of benzene rings is 1. The van der Waals surface area contributed by atoms with Gasteiger partial charge in [0.15, 0.2) is 21.7 Å². The van der Waals surface area contributed by atoms with Crippen molar-refractivity contribution >= 4 is 45.9 Å². The minimum Gasteiger partial charge on any atom is -0.387 e. The topological polar surface area (TPSA) is 197 Å². The van der Waals surface area contributed by atoms with E-state index in [4.69, 9.17) is 26.1 Å². The number of aryl methyl sites for hydroxylation is 1. The molecule has 0 amide bonds. The average molecular weight is 628 g/mol. The summed E-state index contributed by atoms with van der Waals surface area (Å²) in [6, 6.07) is 7.69. The van der Waals surface area contributed by atoms with Gasteiger partial charge in [-0.05, 0) is 35.6 Å². The Kier molecular flexibility index (Phi) is 7.40. The van der Waals surface area contributed by atoms with Gasteiger partial charge in [0.1, 0.15) is 24.1 Å². The molecule has 1 saturated heterocycles. The van der Waals surface area contributed by atoms with Gasteiger partial charge in [-0.1, -0.05) is 24.3 Å². The SMILES string of the molecule is O=P(O)(O)C(C(F)(F)F)S(=O)(=O)C[C@H]1O[C@@H](n2ncc3c(NC4CCc5ccccc54)nc(Cl)nc32)[C@H](O)[C@@H]1O. The van der Waals surface area contributed by atoms with Crippen molar-refractivity contribution in [3.05, 3.63) is 46.9 Å². The number of aliphatic hydroxyl groups is 2. The lowest BCUT2D eigenvalue weighted by molar-refractivity contribution is -0.118. The van der Waals surface area contributed by atoms with Gasteiger partial charge in [-0.15, -0.1) is 0 Å². The number of hydrogen-bond acceptors (Lipinski definition) is 10. The molecule has 5 rings (SSSR count). The van der Waals surface area contributed by atoms with Crippen LogP contribution in [0.1, 0.15) is 29.8 Å². The van der Waals surface area contributed by atoms with Gasteiger partial charge in [0, 0.05) is 0 Å². The fraction of sp³-hybridized carbons (Fsp3) is 0.476. The van der Waals surface area contributed by atoms with E-state index in [0.29, 0.717) is 5.39 Å². The highest BCUT2D eigenvalue weighted by atomic mass is 35.5. The van der Waals surface area contributed by atoms with Crippen LogP contribution in [-0.2, 0) is 25.6 Å². The third kappa shape index (κ3) is 5.32. The Morgan fingerprint density at radius 3 is 2.58 bits per heavy atom. The molecular formula is C21H22ClF3N5O8PS. The predicted octanol–water partition coefficient (Wildman–Crippen LogP) is 1.68. The molecule has 3 aromatic rings. The minimum atomic E-state index is -6.22. The molecule has 40 heavy (non-hydrogen) atoms. The molecule has 6 atom stereocenters. The molecule has 1 aromatic carbocycles. The van der Waals surface area contributed by atoms with Crippen LogP contribution in [0.25, 0.3) is 11.0 Å². The standard InChI is InChI=1S/C21H22ClF3N5O8PS/c22-20-28-16(27-12-6-5-9-3-1-2-4-10(9)12)11-7-26-30(17(11)29-20)18-15(32)14(31)13(38-18)8-40(36,37)19(21(23,24)25)39(33,34)35/h1-4,7,12-15,18-19,31-32H,5-6,8H2,(H,27,28,29)(H2,33,34,35)/t12?,13-,14-,15-,18-,19?/m1/s1. The van der Waals surface area contributed by atoms with Gasteiger partial charge < -0.3 is 30.1 Å². The zero-order valence-electron chi connectivity index (χ0n) is 20.1. The zero-order chi connectivity index (χ0) is 29.2. The third-order valence-corrected chi connectivity index (χ3v) is 11.4. The number of fused-ring (bicyclic) bond motifs is 2. The van der Waals surface area contributed by atoms with E-state index in [1.807, 2.05) is 24.3 Å². The highest BCUT2D eigenvalue weighted by Gasteiger charge is 2.60. The summed E-state index contributed by atoms with van der Waals surface area (Å²) in [5.74, 6) is -1.37. The number of anilines is 1. The smallest absolute Gasteiger partial charge is 0.387 e. The lowest BCUT2D eigenvalue weighted by Crippen LogP contribution is -2.43. The molecule has 0 bridgehead atoms. The highest BCUT2D eigenvalue weighted by molar-refractivity contribution is 7.98. The zero-order valence-corrected chi connectivity index (χ0v) is 22.5. The Hall–Kier alpha value is -2.37. The summed E-state index contributed by atoms with van der Waals surface area (Å²) in [7, 11) is -11.9. The predicted molar refractivity (Wildman–Crippen MR) is 133 cm³/mol. The first-order chi connectivity index (χ1) is 18.6. The average Bonchev–Trinajstić information content (AvgIpc) is 3.49. The van der Waals surface area contributed by atoms with Crippen molar-refractivity contribution < 1.29 is 50.9 Å². The van der Waals surface area contributed by atoms with Crippen molar-refractivity contribution in [2.24, 2.45) is 0 Å². The fourth-order valence-electron chi connectivity index (χ4n) is 5.06. The molecule has 19 heteroatoms. The molecule has 13 nitrogen and oxygen atoms in total. The van der Waals surface area contributed by atoms with Gasteiger partial charge in [-0.2, -0.15) is 28.2 Å². The molecule has 2 aliphatic rings. The molecule has 2 aromatic heterocycles. The van der Waals surface area contributed by atoms with E-state index in [-0.39, 0.29) is 22.8 Å². The molecule has 5 N–H and O–H groups in total. The Bertz CT molecular complexity index is 1600. The van der Waals surface area contributed by atoms with Crippen LogP contribution in [0.4, 0.5) is 19.0 Å². The second-order valence-corrected chi connectivity index (χ2v) is 14.0. The molecule has 0 spiro atoms. The number of nitrogens with zero attached hydrogens (tertiary/aromatic N) is 4. The van der Waals surface area contributed by atoms with Gasteiger partial charge in [-0.25, -0.2) is 13.1 Å². The Morgan fingerprint density at radius 2 is 1.90 bits per heavy atom. The second kappa shape index (κ2) is 10.2. The van der Waals surface area contributed by atoms with Crippen LogP contribution in [0.2, 0.25) is 5.28 Å². The van der Waals surface area contributed by atoms with Crippen LogP contribution in [-0.4, -0.2) is 83.4 Å². The number of sulfone groups is 1. The van der Waals surface area contributed by atoms with Gasteiger partial charge >= 0.3 is 13.8 Å². The summed E-state index contributed by atoms with van der Waals surface area (Å²) in [6.45, 7) is 0. The fourth-order valence-corrected chi connectivity index (χ4v) is 8.86. The summed E-state index contributed by atoms with van der Waals surface area (Å²) in [5.41, 5.74) is 2.22. The number of alkyl halides is 3. The van der Waals surface area contributed by atoms with Crippen LogP contribution in [0.15, 0.2) is 30.5 Å². The molecule has 1 aliphatic heterocycles. The quantitative estimate of drug-likeness (QED) is 0.188. The molecular weight excluding hydrogens is 606 g/mol. The van der Waals surface area contributed by atoms with Gasteiger partial charge in [0.25, 0.3) is 4.99 Å². The van der Waals surface area contributed by atoms with E-state index in [9.17, 15) is 36.4 Å². The van der Waals surface area contributed by atoms with Gasteiger partial charge in [-0.3, -0.25) is 4.57 Å². The number of halogens is 4. The van der Waals surface area contributed by atoms with Crippen LogP contribution < -0.4 is 5.32 Å². The van der Waals surface area contributed by atoms with Crippen molar-refractivity contribution in [3.8, 4) is 0 Å². The first kappa shape index (κ1) is 29.1. The van der Waals surface area contributed by atoms with Crippen LogP contribution in [0.5, 0.6) is 0 Å². The number of hydrogen-bond donors (Lipinski definition) is 5. The molecule has 1 fully saturated rings. The highest BCUT2D eigenvalue weighted by Crippen LogP contribution is 2.52. The van der Waals surface area contributed by atoms with Gasteiger partial charge in [0.05, 0.1) is 23.4 Å². The molecule has 0 saturated carbocycles. The summed E-state index contributed by atoms with van der Waals surface area (Å²) >= 11 is 6.13. The minimum absolute atomic E-state index is 0.00285. The molecule has 1 aliphatic carbocycles. The molecule has 3 heterocycles. The van der Waals surface area contributed by atoms with Crippen LogP contribution >= 0.6 is 19.2 Å². The van der Waals surface area contributed by atoms with Crippen molar-refractivity contribution in [2.75, 3.05) is 11.1 Å². The molecule has 2 unspecified atom stereocenters. The van der Waals surface area contributed by atoms with Crippen molar-refractivity contribution in [1.29, 1.82) is 0 Å². The summed E-state index contributed by atoms with van der Waals surface area (Å²) in [4.78, 5) is 22.4. The lowest BCUT2D eigenvalue weighted by Gasteiger charge is -2.23. The van der Waals surface area contributed by atoms with E-state index in [1.54, 1.807) is 0 Å². The number of ether oxygens (including phenoxy) is 1. The number of nitrogens with one attached hydrogen (secondary N) is 1. The van der Waals surface area contributed by atoms with E-state index in [2.05, 4.69) is 20.4 Å². The Labute approximate surface area is 229 Å². The number of rotatable bonds is 7. The Morgan fingerprint density at radius 1 is 1.20 bits per heavy atom. The summed E-state index contributed by atoms with van der Waals surface area (Å²) in [5, 5.41) is 28.5. The second-order valence-electron chi connectivity index (χ2n) is 9.46. The van der Waals surface area contributed by atoms with Crippen molar-refractivity contribution in [1.82, 2.24) is 19.7 Å². The monoisotopic (exact) mass is 627 g/mol. The van der Waals surface area contributed by atoms with Gasteiger partial charge in [0.2, 0.25) is 5.28 Å².